The number of carboxylic acid groups (broad SMARTS) is 1. The molecule has 1 heterocycles. The van der Waals surface area contributed by atoms with Gasteiger partial charge in [0.1, 0.15) is 0 Å². The second-order valence-corrected chi connectivity index (χ2v) is 4.48. The molecule has 6 nitrogen and oxygen atoms in total. The van der Waals surface area contributed by atoms with E-state index in [4.69, 9.17) is 5.11 Å². The van der Waals surface area contributed by atoms with Crippen LogP contribution in [-0.4, -0.2) is 28.6 Å². The quantitative estimate of drug-likeness (QED) is 0.718. The number of urea groups is 1. The van der Waals surface area contributed by atoms with Gasteiger partial charge in [-0.3, -0.25) is 9.78 Å². The molecule has 0 radical (unpaired) electrons. The third-order valence-electron chi connectivity index (χ3n) is 3.10. The number of carbonyl (C=O) groups is 2. The molecule has 6 heteroatoms. The lowest BCUT2D eigenvalue weighted by atomic mass is 10.1. The van der Waals surface area contributed by atoms with Crippen molar-refractivity contribution >= 4 is 12.0 Å². The highest BCUT2D eigenvalue weighted by molar-refractivity contribution is 5.80. The topological polar surface area (TPSA) is 91.3 Å². The molecule has 2 rings (SSSR count). The van der Waals surface area contributed by atoms with Gasteiger partial charge in [0.2, 0.25) is 0 Å². The van der Waals surface area contributed by atoms with E-state index in [0.29, 0.717) is 19.4 Å². The smallest absolute Gasteiger partial charge is 0.315 e. The Hall–Kier alpha value is -2.11. The van der Waals surface area contributed by atoms with E-state index < -0.39 is 11.4 Å². The predicted octanol–water partition coefficient (Wildman–Crippen LogP) is 0.746. The number of nitrogens with one attached hydrogen (secondary N) is 2. The minimum atomic E-state index is -0.836. The summed E-state index contributed by atoms with van der Waals surface area (Å²) in [6.07, 6.45) is 4.57. The van der Waals surface area contributed by atoms with E-state index in [1.54, 1.807) is 24.5 Å². The maximum Gasteiger partial charge on any atom is 0.315 e. The summed E-state index contributed by atoms with van der Waals surface area (Å²) in [4.78, 5) is 26.3. The van der Waals surface area contributed by atoms with Crippen molar-refractivity contribution in [3.05, 3.63) is 30.1 Å². The van der Waals surface area contributed by atoms with Crippen LogP contribution >= 0.6 is 0 Å². The van der Waals surface area contributed by atoms with E-state index >= 15 is 0 Å². The summed E-state index contributed by atoms with van der Waals surface area (Å²) in [5.74, 6) is -0.836. The van der Waals surface area contributed by atoms with E-state index in [2.05, 4.69) is 15.6 Å². The first kappa shape index (κ1) is 12.3. The Kier molecular flexibility index (Phi) is 3.45. The zero-order valence-corrected chi connectivity index (χ0v) is 9.85. The number of aromatic nitrogens is 1. The highest BCUT2D eigenvalue weighted by Crippen LogP contribution is 2.45. The summed E-state index contributed by atoms with van der Waals surface area (Å²) in [7, 11) is 0. The Bertz CT molecular complexity index is 443. The van der Waals surface area contributed by atoms with Gasteiger partial charge in [0.15, 0.2) is 0 Å². The molecule has 1 aliphatic carbocycles. The number of rotatable bonds is 5. The van der Waals surface area contributed by atoms with Crippen molar-refractivity contribution in [3.8, 4) is 0 Å². The van der Waals surface area contributed by atoms with E-state index in [0.717, 1.165) is 5.56 Å². The molecule has 1 aliphatic rings. The van der Waals surface area contributed by atoms with E-state index in [9.17, 15) is 9.59 Å². The normalized spacial score (nSPS) is 15.8. The third kappa shape index (κ3) is 2.97. The summed E-state index contributed by atoms with van der Waals surface area (Å²) in [6, 6.07) is 3.26. The van der Waals surface area contributed by atoms with Crippen LogP contribution in [0.4, 0.5) is 4.79 Å². The fourth-order valence-corrected chi connectivity index (χ4v) is 1.61. The van der Waals surface area contributed by atoms with Crippen molar-refractivity contribution in [1.82, 2.24) is 15.6 Å². The molecule has 0 saturated heterocycles. The van der Waals surface area contributed by atoms with Crippen molar-refractivity contribution < 1.29 is 14.7 Å². The van der Waals surface area contributed by atoms with Gasteiger partial charge in [-0.25, -0.2) is 4.79 Å². The summed E-state index contributed by atoms with van der Waals surface area (Å²) >= 11 is 0. The average molecular weight is 249 g/mol. The highest BCUT2D eigenvalue weighted by atomic mass is 16.4. The zero-order valence-electron chi connectivity index (χ0n) is 9.85. The van der Waals surface area contributed by atoms with Gasteiger partial charge in [0.25, 0.3) is 0 Å². The Balaban J connectivity index is 1.72. The Morgan fingerprint density at radius 3 is 2.50 bits per heavy atom. The standard InChI is InChI=1S/C12H15N3O3/c16-10(17)12(3-4-12)8-15-11(18)14-7-9-1-5-13-6-2-9/h1-2,5-6H,3-4,7-8H2,(H,16,17)(H2,14,15,18). The van der Waals surface area contributed by atoms with Crippen molar-refractivity contribution in [2.75, 3.05) is 6.54 Å². The van der Waals surface area contributed by atoms with Gasteiger partial charge < -0.3 is 15.7 Å². The van der Waals surface area contributed by atoms with Crippen LogP contribution < -0.4 is 10.6 Å². The van der Waals surface area contributed by atoms with Crippen LogP contribution in [0.1, 0.15) is 18.4 Å². The summed E-state index contributed by atoms with van der Waals surface area (Å²) in [5.41, 5.74) is 0.216. The monoisotopic (exact) mass is 249 g/mol. The van der Waals surface area contributed by atoms with Gasteiger partial charge in [0.05, 0.1) is 5.41 Å². The number of carboxylic acids is 1. The number of hydrogen-bond acceptors (Lipinski definition) is 3. The van der Waals surface area contributed by atoms with Crippen LogP contribution in [-0.2, 0) is 11.3 Å². The zero-order chi connectivity index (χ0) is 13.0. The van der Waals surface area contributed by atoms with E-state index in [1.807, 2.05) is 0 Å². The number of amides is 2. The number of nitrogens with zero attached hydrogens (tertiary/aromatic N) is 1. The van der Waals surface area contributed by atoms with E-state index in [1.165, 1.54) is 0 Å². The SMILES string of the molecule is O=C(NCc1ccncc1)NCC1(C(=O)O)CC1. The van der Waals surface area contributed by atoms with Crippen molar-refractivity contribution in [1.29, 1.82) is 0 Å². The predicted molar refractivity (Wildman–Crippen MR) is 63.8 cm³/mol. The molecule has 1 saturated carbocycles. The lowest BCUT2D eigenvalue weighted by Gasteiger charge is -2.12. The molecular weight excluding hydrogens is 234 g/mol. The molecule has 0 spiro atoms. The fraction of sp³-hybridized carbons (Fsp3) is 0.417. The largest absolute Gasteiger partial charge is 0.481 e. The molecule has 1 fully saturated rings. The first-order valence-corrected chi connectivity index (χ1v) is 5.76. The number of hydrogen-bond donors (Lipinski definition) is 3. The Morgan fingerprint density at radius 2 is 1.94 bits per heavy atom. The van der Waals surface area contributed by atoms with Gasteiger partial charge in [-0.15, -0.1) is 0 Å². The number of pyridine rings is 1. The first-order valence-electron chi connectivity index (χ1n) is 5.76. The first-order chi connectivity index (χ1) is 8.62. The minimum Gasteiger partial charge on any atom is -0.481 e. The third-order valence-corrected chi connectivity index (χ3v) is 3.10. The molecule has 2 amide bonds. The molecule has 0 bridgehead atoms. The van der Waals surface area contributed by atoms with Crippen LogP contribution in [0.25, 0.3) is 0 Å². The highest BCUT2D eigenvalue weighted by Gasteiger charge is 2.50. The molecule has 0 aliphatic heterocycles. The molecule has 1 aromatic rings. The van der Waals surface area contributed by atoms with Crippen LogP contribution in [0.15, 0.2) is 24.5 Å². The second kappa shape index (κ2) is 5.03. The lowest BCUT2D eigenvalue weighted by molar-refractivity contribution is -0.143. The van der Waals surface area contributed by atoms with Crippen molar-refractivity contribution in [2.24, 2.45) is 5.41 Å². The Morgan fingerprint density at radius 1 is 1.28 bits per heavy atom. The number of carbonyl (C=O) groups excluding carboxylic acids is 1. The molecule has 96 valence electrons. The molecule has 0 unspecified atom stereocenters. The summed E-state index contributed by atoms with van der Waals surface area (Å²) in [6.45, 7) is 0.582. The van der Waals surface area contributed by atoms with Crippen LogP contribution in [0.3, 0.4) is 0 Å². The van der Waals surface area contributed by atoms with Crippen LogP contribution in [0.5, 0.6) is 0 Å². The van der Waals surface area contributed by atoms with Crippen LogP contribution in [0, 0.1) is 5.41 Å². The molecule has 0 aromatic carbocycles. The molecule has 18 heavy (non-hydrogen) atoms. The number of aliphatic carboxylic acids is 1. The van der Waals surface area contributed by atoms with Crippen LogP contribution in [0.2, 0.25) is 0 Å². The Labute approximate surface area is 104 Å². The van der Waals surface area contributed by atoms with Gasteiger partial charge in [-0.2, -0.15) is 0 Å². The average Bonchev–Trinajstić information content (AvgIpc) is 3.16. The molecule has 3 N–H and O–H groups in total. The lowest BCUT2D eigenvalue weighted by Crippen LogP contribution is -2.40. The summed E-state index contributed by atoms with van der Waals surface area (Å²) in [5, 5.41) is 14.2. The van der Waals surface area contributed by atoms with Gasteiger partial charge in [-0.1, -0.05) is 0 Å². The minimum absolute atomic E-state index is 0.185. The van der Waals surface area contributed by atoms with Gasteiger partial charge in [-0.05, 0) is 30.5 Å². The molecular formula is C12H15N3O3. The maximum atomic E-state index is 11.5. The van der Waals surface area contributed by atoms with Gasteiger partial charge in [0, 0.05) is 25.5 Å². The second-order valence-electron chi connectivity index (χ2n) is 4.48. The molecule has 1 aromatic heterocycles. The fourth-order valence-electron chi connectivity index (χ4n) is 1.61. The van der Waals surface area contributed by atoms with Crippen molar-refractivity contribution in [2.45, 2.75) is 19.4 Å². The maximum absolute atomic E-state index is 11.5. The molecule has 0 atom stereocenters. The summed E-state index contributed by atoms with van der Waals surface area (Å²) < 4.78 is 0. The van der Waals surface area contributed by atoms with E-state index in [-0.39, 0.29) is 12.6 Å². The van der Waals surface area contributed by atoms with Crippen molar-refractivity contribution in [3.63, 3.8) is 0 Å². The van der Waals surface area contributed by atoms with Gasteiger partial charge >= 0.3 is 12.0 Å².